The Morgan fingerprint density at radius 1 is 1.33 bits per heavy atom. The van der Waals surface area contributed by atoms with Gasteiger partial charge in [-0.2, -0.15) is 5.26 Å². The third-order valence-electron chi connectivity index (χ3n) is 5.02. The highest BCUT2D eigenvalue weighted by Crippen LogP contribution is 2.27. The zero-order valence-corrected chi connectivity index (χ0v) is 16.1. The first kappa shape index (κ1) is 19.2. The zero-order chi connectivity index (χ0) is 17.6. The van der Waals surface area contributed by atoms with Crippen LogP contribution in [0, 0.1) is 17.2 Å². The lowest BCUT2D eigenvalue weighted by molar-refractivity contribution is 0.0568. The highest BCUT2D eigenvalue weighted by molar-refractivity contribution is 9.10. The van der Waals surface area contributed by atoms with Gasteiger partial charge in [0.25, 0.3) is 0 Å². The van der Waals surface area contributed by atoms with Gasteiger partial charge in [-0.1, -0.05) is 29.8 Å². The fraction of sp³-hybridized carbons (Fsp3) is 0.632. The number of ether oxygens (including phenoxy) is 1. The Kier molecular flexibility index (Phi) is 7.06. The molecule has 1 aromatic carbocycles. The summed E-state index contributed by atoms with van der Waals surface area (Å²) in [5.74, 6) is 1.11. The normalized spacial score (nSPS) is 16.8. The van der Waals surface area contributed by atoms with Crippen molar-refractivity contribution < 1.29 is 9.13 Å². The van der Waals surface area contributed by atoms with Crippen molar-refractivity contribution in [1.82, 2.24) is 4.90 Å². The summed E-state index contributed by atoms with van der Waals surface area (Å²) < 4.78 is 21.3. The minimum Gasteiger partial charge on any atom is -0.492 e. The van der Waals surface area contributed by atoms with Crippen molar-refractivity contribution in [1.29, 1.82) is 5.26 Å². The molecule has 0 spiro atoms. The van der Waals surface area contributed by atoms with Crippen LogP contribution in [0.4, 0.5) is 4.39 Å². The lowest BCUT2D eigenvalue weighted by atomic mass is 9.94. The number of benzene rings is 1. The van der Waals surface area contributed by atoms with E-state index in [1.54, 1.807) is 6.07 Å². The fourth-order valence-corrected chi connectivity index (χ4v) is 3.47. The molecule has 0 saturated carbocycles. The molecule has 1 fully saturated rings. The van der Waals surface area contributed by atoms with Crippen molar-refractivity contribution in [2.45, 2.75) is 45.2 Å². The molecule has 2 rings (SSSR count). The minimum atomic E-state index is -1.05. The highest BCUT2D eigenvalue weighted by atomic mass is 79.9. The average molecular weight is 397 g/mol. The topological polar surface area (TPSA) is 36.3 Å². The standard InChI is InChI=1S/C19H26BrFN2O/c1-3-19(21,4-2)14-23-9-7-15(8-10-23)13-24-18-6-5-17(20)11-16(18)12-22/h5-6,11,15H,3-4,7-10,13-14H2,1-2H3. The first-order chi connectivity index (χ1) is 11.5. The van der Waals surface area contributed by atoms with Crippen LogP contribution in [0.3, 0.4) is 0 Å². The molecule has 0 aromatic heterocycles. The number of nitrogens with zero attached hydrogens (tertiary/aromatic N) is 2. The monoisotopic (exact) mass is 396 g/mol. The number of nitriles is 1. The third kappa shape index (κ3) is 5.19. The molecular weight excluding hydrogens is 371 g/mol. The van der Waals surface area contributed by atoms with Gasteiger partial charge in [-0.15, -0.1) is 0 Å². The summed E-state index contributed by atoms with van der Waals surface area (Å²) in [7, 11) is 0. The summed E-state index contributed by atoms with van der Waals surface area (Å²) in [4.78, 5) is 2.24. The fourth-order valence-electron chi connectivity index (χ4n) is 3.11. The Morgan fingerprint density at radius 2 is 2.00 bits per heavy atom. The summed E-state index contributed by atoms with van der Waals surface area (Å²) >= 11 is 3.36. The van der Waals surface area contributed by atoms with Gasteiger partial charge in [0, 0.05) is 11.0 Å². The van der Waals surface area contributed by atoms with Crippen LogP contribution < -0.4 is 4.74 Å². The summed E-state index contributed by atoms with van der Waals surface area (Å²) in [5, 5.41) is 9.18. The van der Waals surface area contributed by atoms with Crippen molar-refractivity contribution in [3.05, 3.63) is 28.2 Å². The van der Waals surface area contributed by atoms with E-state index in [4.69, 9.17) is 4.74 Å². The molecule has 0 bridgehead atoms. The van der Waals surface area contributed by atoms with Gasteiger partial charge < -0.3 is 9.64 Å². The molecule has 0 unspecified atom stereocenters. The average Bonchev–Trinajstić information content (AvgIpc) is 2.61. The first-order valence-electron chi connectivity index (χ1n) is 8.73. The second kappa shape index (κ2) is 8.82. The Morgan fingerprint density at radius 3 is 2.58 bits per heavy atom. The Bertz CT molecular complexity index is 575. The first-order valence-corrected chi connectivity index (χ1v) is 9.52. The number of likely N-dealkylation sites (tertiary alicyclic amines) is 1. The van der Waals surface area contributed by atoms with E-state index >= 15 is 0 Å². The van der Waals surface area contributed by atoms with Gasteiger partial charge in [0.1, 0.15) is 17.5 Å². The van der Waals surface area contributed by atoms with Crippen LogP contribution in [-0.2, 0) is 0 Å². The summed E-state index contributed by atoms with van der Waals surface area (Å²) in [5.41, 5.74) is -0.502. The second-order valence-electron chi connectivity index (χ2n) is 6.64. The highest BCUT2D eigenvalue weighted by Gasteiger charge is 2.30. The number of piperidine rings is 1. The number of hydrogen-bond acceptors (Lipinski definition) is 3. The number of hydrogen-bond donors (Lipinski definition) is 0. The molecule has 132 valence electrons. The van der Waals surface area contributed by atoms with Crippen molar-refractivity contribution in [3.8, 4) is 11.8 Å². The quantitative estimate of drug-likeness (QED) is 0.654. The molecule has 1 aromatic rings. The van der Waals surface area contributed by atoms with E-state index in [2.05, 4.69) is 26.9 Å². The molecule has 1 saturated heterocycles. The van der Waals surface area contributed by atoms with Gasteiger partial charge in [0.2, 0.25) is 0 Å². The molecule has 1 heterocycles. The van der Waals surface area contributed by atoms with Gasteiger partial charge in [0.05, 0.1) is 12.2 Å². The molecule has 0 N–H and O–H groups in total. The van der Waals surface area contributed by atoms with E-state index in [1.165, 1.54) is 0 Å². The Hall–Kier alpha value is -1.12. The van der Waals surface area contributed by atoms with Crippen molar-refractivity contribution in [2.75, 3.05) is 26.2 Å². The SMILES string of the molecule is CCC(F)(CC)CN1CCC(COc2ccc(Br)cc2C#N)CC1. The van der Waals surface area contributed by atoms with E-state index in [-0.39, 0.29) is 0 Å². The minimum absolute atomic E-state index is 0.466. The maximum absolute atomic E-state index is 14.5. The molecule has 3 nitrogen and oxygen atoms in total. The van der Waals surface area contributed by atoms with Gasteiger partial charge in [0.15, 0.2) is 0 Å². The summed E-state index contributed by atoms with van der Waals surface area (Å²) in [6, 6.07) is 7.65. The maximum Gasteiger partial charge on any atom is 0.137 e. The zero-order valence-electron chi connectivity index (χ0n) is 14.5. The van der Waals surface area contributed by atoms with Crippen LogP contribution in [0.2, 0.25) is 0 Å². The van der Waals surface area contributed by atoms with Crippen molar-refractivity contribution >= 4 is 15.9 Å². The van der Waals surface area contributed by atoms with Gasteiger partial charge in [-0.25, -0.2) is 4.39 Å². The smallest absolute Gasteiger partial charge is 0.137 e. The number of rotatable bonds is 7. The van der Waals surface area contributed by atoms with Crippen LogP contribution in [0.25, 0.3) is 0 Å². The van der Waals surface area contributed by atoms with Crippen LogP contribution in [-0.4, -0.2) is 36.8 Å². The van der Waals surface area contributed by atoms with Crippen LogP contribution in [0.1, 0.15) is 45.1 Å². The van der Waals surface area contributed by atoms with Gasteiger partial charge in [-0.3, -0.25) is 0 Å². The van der Waals surface area contributed by atoms with Crippen molar-refractivity contribution in [3.63, 3.8) is 0 Å². The van der Waals surface area contributed by atoms with Gasteiger partial charge in [-0.05, 0) is 62.9 Å². The number of halogens is 2. The second-order valence-corrected chi connectivity index (χ2v) is 7.56. The van der Waals surface area contributed by atoms with Crippen molar-refractivity contribution in [2.24, 2.45) is 5.92 Å². The Labute approximate surface area is 152 Å². The molecule has 1 aliphatic rings. The summed E-state index contributed by atoms with van der Waals surface area (Å²) in [6.07, 6.45) is 3.18. The molecule has 5 heteroatoms. The maximum atomic E-state index is 14.5. The van der Waals surface area contributed by atoms with E-state index in [1.807, 2.05) is 26.0 Å². The van der Waals surface area contributed by atoms with Gasteiger partial charge >= 0.3 is 0 Å². The molecule has 1 aliphatic heterocycles. The molecule has 24 heavy (non-hydrogen) atoms. The molecular formula is C19H26BrFN2O. The lowest BCUT2D eigenvalue weighted by Gasteiger charge is -2.36. The van der Waals surface area contributed by atoms with E-state index < -0.39 is 5.67 Å². The van der Waals surface area contributed by atoms with Crippen LogP contribution in [0.5, 0.6) is 5.75 Å². The van der Waals surface area contributed by atoms with E-state index in [0.717, 1.165) is 30.4 Å². The Balaban J connectivity index is 1.81. The molecule has 0 radical (unpaired) electrons. The third-order valence-corrected chi connectivity index (χ3v) is 5.51. The van der Waals surface area contributed by atoms with E-state index in [0.29, 0.717) is 43.2 Å². The lowest BCUT2D eigenvalue weighted by Crippen LogP contribution is -2.44. The number of alkyl halides is 1. The molecule has 0 atom stereocenters. The predicted molar refractivity (Wildman–Crippen MR) is 97.9 cm³/mol. The van der Waals surface area contributed by atoms with Crippen LogP contribution >= 0.6 is 15.9 Å². The van der Waals surface area contributed by atoms with Crippen LogP contribution in [0.15, 0.2) is 22.7 Å². The van der Waals surface area contributed by atoms with E-state index in [9.17, 15) is 9.65 Å². The largest absolute Gasteiger partial charge is 0.492 e. The summed E-state index contributed by atoms with van der Waals surface area (Å²) in [6.45, 7) is 6.85. The predicted octanol–water partition coefficient (Wildman–Crippen LogP) is 4.94. The molecule has 0 aliphatic carbocycles. The molecule has 0 amide bonds.